The average Bonchev–Trinajstić information content (AvgIpc) is 2.54. The van der Waals surface area contributed by atoms with Gasteiger partial charge in [0.15, 0.2) is 11.6 Å². The van der Waals surface area contributed by atoms with E-state index in [0.29, 0.717) is 40.8 Å². The van der Waals surface area contributed by atoms with Crippen molar-refractivity contribution in [2.24, 2.45) is 5.92 Å². The Balaban J connectivity index is 2.14. The van der Waals surface area contributed by atoms with E-state index in [0.717, 1.165) is 0 Å². The van der Waals surface area contributed by atoms with Gasteiger partial charge in [0.1, 0.15) is 0 Å². The van der Waals surface area contributed by atoms with Crippen LogP contribution in [-0.4, -0.2) is 17.5 Å². The molecular weight excluding hydrogens is 278 g/mol. The first-order chi connectivity index (χ1) is 10.5. The fourth-order valence-electron chi connectivity index (χ4n) is 3.00. The van der Waals surface area contributed by atoms with Crippen molar-refractivity contribution in [3.8, 4) is 0 Å². The summed E-state index contributed by atoms with van der Waals surface area (Å²) in [6, 6.07) is 6.86. The highest BCUT2D eigenvalue weighted by atomic mass is 16.2. The number of hydrogen-bond donors (Lipinski definition) is 1. The van der Waals surface area contributed by atoms with Crippen LogP contribution in [0, 0.1) is 5.92 Å². The molecule has 0 fully saturated rings. The van der Waals surface area contributed by atoms with Gasteiger partial charge in [-0.1, -0.05) is 44.2 Å². The Bertz CT molecular complexity index is 755. The topological polar surface area (TPSA) is 63.2 Å². The number of fused-ring (bicyclic) bond motifs is 1. The van der Waals surface area contributed by atoms with Crippen molar-refractivity contribution in [1.29, 1.82) is 0 Å². The summed E-state index contributed by atoms with van der Waals surface area (Å²) in [5.41, 5.74) is 2.24. The van der Waals surface area contributed by atoms with Crippen molar-refractivity contribution in [2.75, 3.05) is 0 Å². The van der Waals surface area contributed by atoms with E-state index in [2.05, 4.69) is 5.32 Å². The Kier molecular flexibility index (Phi) is 3.53. The predicted molar refractivity (Wildman–Crippen MR) is 82.4 cm³/mol. The van der Waals surface area contributed by atoms with Crippen LogP contribution in [0.3, 0.4) is 0 Å². The van der Waals surface area contributed by atoms with Gasteiger partial charge in [0.05, 0.1) is 5.57 Å². The fourth-order valence-corrected chi connectivity index (χ4v) is 3.00. The molecule has 0 radical (unpaired) electrons. The lowest BCUT2D eigenvalue weighted by Gasteiger charge is -2.29. The van der Waals surface area contributed by atoms with Crippen LogP contribution in [0.1, 0.15) is 47.4 Å². The largest absolute Gasteiger partial charge is 0.326 e. The molecule has 1 atom stereocenters. The lowest BCUT2D eigenvalue weighted by Crippen LogP contribution is -2.34. The molecule has 2 aliphatic carbocycles. The lowest BCUT2D eigenvalue weighted by atomic mass is 9.74. The van der Waals surface area contributed by atoms with Crippen LogP contribution in [-0.2, 0) is 4.79 Å². The molecule has 0 bridgehead atoms. The highest BCUT2D eigenvalue weighted by Gasteiger charge is 2.37. The van der Waals surface area contributed by atoms with E-state index in [1.54, 1.807) is 31.2 Å². The minimum absolute atomic E-state index is 0.0258. The maximum atomic E-state index is 12.8. The minimum atomic E-state index is -0.181. The van der Waals surface area contributed by atoms with Gasteiger partial charge < -0.3 is 5.32 Å². The first-order valence-corrected chi connectivity index (χ1v) is 7.47. The van der Waals surface area contributed by atoms with Gasteiger partial charge in [0.2, 0.25) is 5.91 Å². The molecule has 1 N–H and O–H groups in total. The standard InChI is InChI=1S/C18H17NO3/c1-3-14(20)19-13-9-8-10(2)15-16(13)18(22)12-7-5-4-6-11(12)17(15)21/h4-7,9-10H,3,8H2,1-2H3,(H,19,20). The van der Waals surface area contributed by atoms with Crippen LogP contribution >= 0.6 is 0 Å². The van der Waals surface area contributed by atoms with Gasteiger partial charge in [0, 0.05) is 28.8 Å². The van der Waals surface area contributed by atoms with Crippen LogP contribution in [0.2, 0.25) is 0 Å². The molecular formula is C18H17NO3. The third-order valence-corrected chi connectivity index (χ3v) is 4.19. The van der Waals surface area contributed by atoms with Crippen molar-refractivity contribution in [2.45, 2.75) is 26.7 Å². The molecule has 0 aromatic heterocycles. The monoisotopic (exact) mass is 295 g/mol. The molecule has 4 heteroatoms. The van der Waals surface area contributed by atoms with Crippen molar-refractivity contribution in [1.82, 2.24) is 5.32 Å². The number of carbonyl (C=O) groups is 3. The molecule has 0 aliphatic heterocycles. The number of carbonyl (C=O) groups excluding carboxylic acids is 3. The average molecular weight is 295 g/mol. The fraction of sp³-hybridized carbons (Fsp3) is 0.278. The third kappa shape index (κ3) is 2.11. The quantitative estimate of drug-likeness (QED) is 0.912. The van der Waals surface area contributed by atoms with Crippen LogP contribution in [0.4, 0.5) is 0 Å². The Morgan fingerprint density at radius 1 is 1.18 bits per heavy atom. The van der Waals surface area contributed by atoms with Crippen LogP contribution < -0.4 is 5.32 Å². The molecule has 4 nitrogen and oxygen atoms in total. The van der Waals surface area contributed by atoms with E-state index in [-0.39, 0.29) is 23.4 Å². The molecule has 2 aliphatic rings. The molecule has 1 aromatic rings. The second-order valence-electron chi connectivity index (χ2n) is 5.65. The van der Waals surface area contributed by atoms with E-state index in [4.69, 9.17) is 0 Å². The summed E-state index contributed by atoms with van der Waals surface area (Å²) in [6.07, 6.45) is 2.81. The van der Waals surface area contributed by atoms with E-state index in [1.807, 2.05) is 13.0 Å². The number of benzene rings is 1. The Hall–Kier alpha value is -2.49. The van der Waals surface area contributed by atoms with Gasteiger partial charge in [-0.2, -0.15) is 0 Å². The Morgan fingerprint density at radius 3 is 2.45 bits per heavy atom. The van der Waals surface area contributed by atoms with E-state index >= 15 is 0 Å². The number of hydrogen-bond acceptors (Lipinski definition) is 3. The molecule has 3 rings (SSSR count). The second kappa shape index (κ2) is 5.37. The SMILES string of the molecule is CCC(=O)NC1=CCC(C)C2=C1C(=O)c1ccccc1C2=O. The highest BCUT2D eigenvalue weighted by molar-refractivity contribution is 6.28. The van der Waals surface area contributed by atoms with E-state index < -0.39 is 0 Å². The van der Waals surface area contributed by atoms with Crippen molar-refractivity contribution in [3.05, 3.63) is 58.3 Å². The highest BCUT2D eigenvalue weighted by Crippen LogP contribution is 2.37. The van der Waals surface area contributed by atoms with Crippen LogP contribution in [0.15, 0.2) is 47.2 Å². The van der Waals surface area contributed by atoms with Gasteiger partial charge >= 0.3 is 0 Å². The number of amides is 1. The summed E-state index contributed by atoms with van der Waals surface area (Å²) in [5.74, 6) is -0.470. The molecule has 1 amide bonds. The summed E-state index contributed by atoms with van der Waals surface area (Å²) in [6.45, 7) is 3.68. The van der Waals surface area contributed by atoms with Crippen molar-refractivity contribution >= 4 is 17.5 Å². The van der Waals surface area contributed by atoms with Gasteiger partial charge in [0.25, 0.3) is 0 Å². The summed E-state index contributed by atoms with van der Waals surface area (Å²) in [7, 11) is 0. The predicted octanol–water partition coefficient (Wildman–Crippen LogP) is 2.81. The van der Waals surface area contributed by atoms with Crippen molar-refractivity contribution in [3.63, 3.8) is 0 Å². The number of Topliss-reactive ketones (excluding diaryl/α,β-unsaturated/α-hetero) is 2. The smallest absolute Gasteiger partial charge is 0.224 e. The molecule has 1 unspecified atom stereocenters. The zero-order valence-electron chi connectivity index (χ0n) is 12.6. The van der Waals surface area contributed by atoms with Gasteiger partial charge in [-0.25, -0.2) is 0 Å². The molecule has 1 aromatic carbocycles. The van der Waals surface area contributed by atoms with E-state index in [1.165, 1.54) is 0 Å². The van der Waals surface area contributed by atoms with Crippen molar-refractivity contribution < 1.29 is 14.4 Å². The number of rotatable bonds is 2. The zero-order valence-corrected chi connectivity index (χ0v) is 12.6. The first-order valence-electron chi connectivity index (χ1n) is 7.47. The number of ketones is 2. The van der Waals surface area contributed by atoms with Gasteiger partial charge in [-0.15, -0.1) is 0 Å². The third-order valence-electron chi connectivity index (χ3n) is 4.19. The maximum absolute atomic E-state index is 12.8. The number of allylic oxidation sites excluding steroid dienone is 3. The van der Waals surface area contributed by atoms with E-state index in [9.17, 15) is 14.4 Å². The minimum Gasteiger partial charge on any atom is -0.326 e. The Morgan fingerprint density at radius 2 is 1.82 bits per heavy atom. The molecule has 112 valence electrons. The molecule has 0 saturated carbocycles. The molecule has 0 spiro atoms. The summed E-state index contributed by atoms with van der Waals surface area (Å²) in [5, 5.41) is 2.76. The molecule has 0 saturated heterocycles. The van der Waals surface area contributed by atoms with Crippen LogP contribution in [0.25, 0.3) is 0 Å². The summed E-state index contributed by atoms with van der Waals surface area (Å²) < 4.78 is 0. The number of nitrogens with one attached hydrogen (secondary N) is 1. The second-order valence-corrected chi connectivity index (χ2v) is 5.65. The zero-order chi connectivity index (χ0) is 15.9. The first kappa shape index (κ1) is 14.4. The maximum Gasteiger partial charge on any atom is 0.224 e. The molecule has 22 heavy (non-hydrogen) atoms. The summed E-state index contributed by atoms with van der Waals surface area (Å²) in [4.78, 5) is 37.3. The lowest BCUT2D eigenvalue weighted by molar-refractivity contribution is -0.120. The van der Waals surface area contributed by atoms with Gasteiger partial charge in [-0.3, -0.25) is 14.4 Å². The Labute approximate surface area is 128 Å². The van der Waals surface area contributed by atoms with Gasteiger partial charge in [-0.05, 0) is 12.3 Å². The molecule has 0 heterocycles. The van der Waals surface area contributed by atoms with Crippen LogP contribution in [0.5, 0.6) is 0 Å². The normalized spacial score (nSPS) is 20.3. The summed E-state index contributed by atoms with van der Waals surface area (Å²) >= 11 is 0.